The summed E-state index contributed by atoms with van der Waals surface area (Å²) in [5.74, 6) is -1.49. The summed E-state index contributed by atoms with van der Waals surface area (Å²) in [4.78, 5) is 24.0. The average molecular weight is 285 g/mol. The van der Waals surface area contributed by atoms with Gasteiger partial charge in [-0.15, -0.1) is 11.3 Å². The molecule has 0 aliphatic rings. The standard InChI is InChI=1S/C13H19NO4S/c1-3-4-9-7-11(19-8(9)2)12(16)14-6-5-10(15)13(17)18/h7,10,15H,3-6H2,1-2H3,(H,14,16)(H,17,18)/t10-/m0/s1. The molecule has 1 atom stereocenters. The summed E-state index contributed by atoms with van der Waals surface area (Å²) in [6.07, 6.45) is 0.560. The fourth-order valence-electron chi connectivity index (χ4n) is 1.68. The molecule has 1 rings (SSSR count). The minimum absolute atomic E-state index is 0.00719. The minimum Gasteiger partial charge on any atom is -0.479 e. The number of aliphatic hydroxyl groups excluding tert-OH is 1. The zero-order chi connectivity index (χ0) is 14.4. The maximum absolute atomic E-state index is 11.8. The van der Waals surface area contributed by atoms with Gasteiger partial charge in [0, 0.05) is 17.8 Å². The Bertz CT molecular complexity index is 455. The quantitative estimate of drug-likeness (QED) is 0.710. The maximum atomic E-state index is 11.8. The first-order valence-electron chi connectivity index (χ1n) is 6.24. The van der Waals surface area contributed by atoms with E-state index in [4.69, 9.17) is 10.2 Å². The third kappa shape index (κ3) is 4.65. The number of carbonyl (C=O) groups excluding carboxylic acids is 1. The van der Waals surface area contributed by atoms with Gasteiger partial charge in [-0.2, -0.15) is 0 Å². The second-order valence-electron chi connectivity index (χ2n) is 4.34. The Morgan fingerprint density at radius 1 is 1.47 bits per heavy atom. The molecule has 0 unspecified atom stereocenters. The van der Waals surface area contributed by atoms with Crippen LogP contribution in [-0.4, -0.2) is 34.7 Å². The number of carboxylic acid groups (broad SMARTS) is 1. The molecule has 0 saturated carbocycles. The van der Waals surface area contributed by atoms with Gasteiger partial charge in [0.2, 0.25) is 0 Å². The van der Waals surface area contributed by atoms with Crippen molar-refractivity contribution < 1.29 is 19.8 Å². The van der Waals surface area contributed by atoms with Crippen LogP contribution in [0.3, 0.4) is 0 Å². The number of aliphatic carboxylic acids is 1. The lowest BCUT2D eigenvalue weighted by molar-refractivity contribution is -0.146. The van der Waals surface area contributed by atoms with E-state index in [-0.39, 0.29) is 18.9 Å². The minimum atomic E-state index is -1.43. The third-order valence-corrected chi connectivity index (χ3v) is 3.84. The summed E-state index contributed by atoms with van der Waals surface area (Å²) in [6, 6.07) is 1.88. The topological polar surface area (TPSA) is 86.6 Å². The number of carbonyl (C=O) groups is 2. The molecule has 0 aliphatic heterocycles. The molecule has 6 heteroatoms. The van der Waals surface area contributed by atoms with Gasteiger partial charge in [0.15, 0.2) is 6.10 Å². The second-order valence-corrected chi connectivity index (χ2v) is 5.60. The van der Waals surface area contributed by atoms with Crippen molar-refractivity contribution in [2.75, 3.05) is 6.54 Å². The average Bonchev–Trinajstić information content (AvgIpc) is 2.71. The van der Waals surface area contributed by atoms with Crippen LogP contribution in [0.4, 0.5) is 0 Å². The van der Waals surface area contributed by atoms with Crippen LogP contribution in [0.25, 0.3) is 0 Å². The van der Waals surface area contributed by atoms with Crippen LogP contribution in [0.15, 0.2) is 6.07 Å². The van der Waals surface area contributed by atoms with Crippen molar-refractivity contribution in [3.05, 3.63) is 21.4 Å². The van der Waals surface area contributed by atoms with E-state index in [2.05, 4.69) is 12.2 Å². The highest BCUT2D eigenvalue weighted by atomic mass is 32.1. The molecule has 0 saturated heterocycles. The Labute approximate surface area is 116 Å². The van der Waals surface area contributed by atoms with Crippen molar-refractivity contribution in [3.63, 3.8) is 0 Å². The zero-order valence-electron chi connectivity index (χ0n) is 11.1. The van der Waals surface area contributed by atoms with E-state index in [1.165, 1.54) is 16.9 Å². The predicted octanol–water partition coefficient (Wildman–Crippen LogP) is 1.57. The van der Waals surface area contributed by atoms with Gasteiger partial charge in [0.05, 0.1) is 4.88 Å². The Morgan fingerprint density at radius 2 is 2.16 bits per heavy atom. The number of aryl methyl sites for hydroxylation is 2. The molecule has 0 bridgehead atoms. The van der Waals surface area contributed by atoms with Crippen LogP contribution >= 0.6 is 11.3 Å². The lowest BCUT2D eigenvalue weighted by atomic mass is 10.1. The first kappa shape index (κ1) is 15.7. The van der Waals surface area contributed by atoms with Crippen LogP contribution in [0.2, 0.25) is 0 Å². The van der Waals surface area contributed by atoms with Crippen LogP contribution in [0, 0.1) is 6.92 Å². The molecule has 0 radical (unpaired) electrons. The van der Waals surface area contributed by atoms with E-state index in [0.717, 1.165) is 17.7 Å². The first-order chi connectivity index (χ1) is 8.95. The van der Waals surface area contributed by atoms with E-state index in [1.807, 2.05) is 13.0 Å². The first-order valence-corrected chi connectivity index (χ1v) is 7.05. The molecule has 0 aliphatic carbocycles. The van der Waals surface area contributed by atoms with Gasteiger partial charge in [-0.25, -0.2) is 4.79 Å². The van der Waals surface area contributed by atoms with Crippen molar-refractivity contribution >= 4 is 23.2 Å². The van der Waals surface area contributed by atoms with Gasteiger partial charge < -0.3 is 15.5 Å². The van der Waals surface area contributed by atoms with Crippen LogP contribution < -0.4 is 5.32 Å². The molecular weight excluding hydrogens is 266 g/mol. The summed E-state index contributed by atoms with van der Waals surface area (Å²) >= 11 is 1.44. The predicted molar refractivity (Wildman–Crippen MR) is 73.6 cm³/mol. The number of rotatable bonds is 7. The molecule has 1 aromatic rings. The van der Waals surface area contributed by atoms with E-state index < -0.39 is 12.1 Å². The highest BCUT2D eigenvalue weighted by molar-refractivity contribution is 7.14. The van der Waals surface area contributed by atoms with E-state index in [1.54, 1.807) is 0 Å². The van der Waals surface area contributed by atoms with Crippen molar-refractivity contribution in [3.8, 4) is 0 Å². The fraction of sp³-hybridized carbons (Fsp3) is 0.538. The van der Waals surface area contributed by atoms with Gasteiger partial charge >= 0.3 is 5.97 Å². The van der Waals surface area contributed by atoms with E-state index in [0.29, 0.717) is 4.88 Å². The SMILES string of the molecule is CCCc1cc(C(=O)NCC[C@H](O)C(=O)O)sc1C. The molecule has 1 heterocycles. The van der Waals surface area contributed by atoms with Gasteiger partial charge in [0.25, 0.3) is 5.91 Å². The number of carboxylic acids is 1. The van der Waals surface area contributed by atoms with Crippen molar-refractivity contribution in [2.24, 2.45) is 0 Å². The Morgan fingerprint density at radius 3 is 2.74 bits per heavy atom. The maximum Gasteiger partial charge on any atom is 0.332 e. The van der Waals surface area contributed by atoms with Crippen LogP contribution in [0.1, 0.15) is 39.9 Å². The Hall–Kier alpha value is -1.40. The smallest absolute Gasteiger partial charge is 0.332 e. The molecular formula is C13H19NO4S. The monoisotopic (exact) mass is 285 g/mol. The lowest BCUT2D eigenvalue weighted by Crippen LogP contribution is -2.29. The van der Waals surface area contributed by atoms with Crippen LogP contribution in [-0.2, 0) is 11.2 Å². The number of amides is 1. The number of nitrogens with one attached hydrogen (secondary N) is 1. The molecule has 106 valence electrons. The molecule has 0 aromatic carbocycles. The molecule has 1 amide bonds. The number of aliphatic hydroxyl groups is 1. The zero-order valence-corrected chi connectivity index (χ0v) is 11.9. The summed E-state index contributed by atoms with van der Waals surface area (Å²) in [5, 5.41) is 20.2. The highest BCUT2D eigenvalue weighted by Gasteiger charge is 2.15. The number of hydrogen-bond donors (Lipinski definition) is 3. The molecule has 1 aromatic heterocycles. The van der Waals surface area contributed by atoms with E-state index >= 15 is 0 Å². The molecule has 0 fully saturated rings. The summed E-state index contributed by atoms with van der Waals surface area (Å²) < 4.78 is 0. The second kappa shape index (κ2) is 7.25. The Balaban J connectivity index is 2.49. The van der Waals surface area contributed by atoms with Gasteiger partial charge in [-0.1, -0.05) is 13.3 Å². The van der Waals surface area contributed by atoms with E-state index in [9.17, 15) is 9.59 Å². The van der Waals surface area contributed by atoms with Crippen molar-refractivity contribution in [1.82, 2.24) is 5.32 Å². The van der Waals surface area contributed by atoms with Crippen molar-refractivity contribution in [2.45, 2.75) is 39.2 Å². The largest absolute Gasteiger partial charge is 0.479 e. The lowest BCUT2D eigenvalue weighted by Gasteiger charge is -2.06. The summed E-state index contributed by atoms with van der Waals surface area (Å²) in [5.41, 5.74) is 1.18. The highest BCUT2D eigenvalue weighted by Crippen LogP contribution is 2.22. The number of thiophene rings is 1. The molecule has 3 N–H and O–H groups in total. The Kier molecular flexibility index (Phi) is 5.98. The molecule has 0 spiro atoms. The van der Waals surface area contributed by atoms with Gasteiger partial charge in [0.1, 0.15) is 0 Å². The van der Waals surface area contributed by atoms with Gasteiger partial charge in [-0.05, 0) is 25.0 Å². The fourth-order valence-corrected chi connectivity index (χ4v) is 2.67. The summed E-state index contributed by atoms with van der Waals surface area (Å²) in [6.45, 7) is 4.22. The van der Waals surface area contributed by atoms with Crippen molar-refractivity contribution in [1.29, 1.82) is 0 Å². The molecule has 5 nitrogen and oxygen atoms in total. The third-order valence-electron chi connectivity index (χ3n) is 2.75. The normalized spacial score (nSPS) is 12.2. The van der Waals surface area contributed by atoms with Crippen LogP contribution in [0.5, 0.6) is 0 Å². The van der Waals surface area contributed by atoms with Gasteiger partial charge in [-0.3, -0.25) is 4.79 Å². The summed E-state index contributed by atoms with van der Waals surface area (Å²) in [7, 11) is 0. The number of hydrogen-bond acceptors (Lipinski definition) is 4. The molecule has 19 heavy (non-hydrogen) atoms.